The number of nitrogens with one attached hydrogen (secondary N) is 1. The first-order valence-electron chi connectivity index (χ1n) is 6.16. The summed E-state index contributed by atoms with van der Waals surface area (Å²) in [6, 6.07) is 0.456. The summed E-state index contributed by atoms with van der Waals surface area (Å²) >= 11 is 0. The third-order valence-corrected chi connectivity index (χ3v) is 3.55. The van der Waals surface area contributed by atoms with Gasteiger partial charge in [-0.2, -0.15) is 0 Å². The van der Waals surface area contributed by atoms with E-state index in [1.165, 1.54) is 0 Å². The predicted molar refractivity (Wildman–Crippen MR) is 62.5 cm³/mol. The number of carboxylic acid groups (broad SMARTS) is 1. The number of carboxylic acids is 1. The van der Waals surface area contributed by atoms with Gasteiger partial charge in [-0.3, -0.25) is 0 Å². The normalized spacial score (nSPS) is 28.9. The molecule has 1 aliphatic heterocycles. The zero-order chi connectivity index (χ0) is 12.1. The van der Waals surface area contributed by atoms with E-state index in [9.17, 15) is 4.79 Å². The average molecular weight is 229 g/mol. The van der Waals surface area contributed by atoms with Crippen molar-refractivity contribution in [1.29, 1.82) is 0 Å². The first kappa shape index (κ1) is 13.5. The highest BCUT2D eigenvalue weighted by Gasteiger charge is 2.30. The van der Waals surface area contributed by atoms with Crippen molar-refractivity contribution in [1.82, 2.24) is 5.32 Å². The van der Waals surface area contributed by atoms with Crippen LogP contribution in [0.15, 0.2) is 0 Å². The number of rotatable bonds is 6. The summed E-state index contributed by atoms with van der Waals surface area (Å²) in [6.07, 6.45) is 2.10. The minimum atomic E-state index is -0.836. The Morgan fingerprint density at radius 2 is 2.19 bits per heavy atom. The van der Waals surface area contributed by atoms with Crippen molar-refractivity contribution in [3.8, 4) is 0 Å². The smallest absolute Gasteiger partial charge is 0.332 e. The van der Waals surface area contributed by atoms with Crippen LogP contribution < -0.4 is 5.32 Å². The number of carbonyl (C=O) groups is 1. The lowest BCUT2D eigenvalue weighted by Gasteiger charge is -2.22. The summed E-state index contributed by atoms with van der Waals surface area (Å²) in [5.41, 5.74) is 0. The summed E-state index contributed by atoms with van der Waals surface area (Å²) in [5.74, 6) is -0.200. The van der Waals surface area contributed by atoms with Gasteiger partial charge in [-0.1, -0.05) is 20.3 Å². The van der Waals surface area contributed by atoms with Crippen molar-refractivity contribution in [2.24, 2.45) is 5.92 Å². The molecular formula is C12H23NO3. The van der Waals surface area contributed by atoms with Crippen LogP contribution in [0.2, 0.25) is 0 Å². The van der Waals surface area contributed by atoms with Gasteiger partial charge in [0.15, 0.2) is 6.10 Å². The molecule has 94 valence electrons. The highest BCUT2D eigenvalue weighted by Crippen LogP contribution is 2.19. The third kappa shape index (κ3) is 3.76. The van der Waals surface area contributed by atoms with Gasteiger partial charge >= 0.3 is 5.97 Å². The SMILES string of the molecule is CCC(C)C(C)NCC1CCC(C(=O)O)O1. The molecule has 0 aromatic rings. The maximum Gasteiger partial charge on any atom is 0.332 e. The standard InChI is InChI=1S/C12H23NO3/c1-4-8(2)9(3)13-7-10-5-6-11(16-10)12(14)15/h8-11,13H,4-7H2,1-3H3,(H,14,15). The molecule has 2 N–H and O–H groups in total. The molecule has 1 saturated heterocycles. The molecule has 0 radical (unpaired) electrons. The molecule has 1 aliphatic rings. The van der Waals surface area contributed by atoms with Gasteiger partial charge in [0.2, 0.25) is 0 Å². The molecule has 4 nitrogen and oxygen atoms in total. The Kier molecular flexibility index (Phi) is 5.22. The summed E-state index contributed by atoms with van der Waals surface area (Å²) in [4.78, 5) is 10.7. The molecule has 1 fully saturated rings. The van der Waals surface area contributed by atoms with Crippen LogP contribution in [0.25, 0.3) is 0 Å². The van der Waals surface area contributed by atoms with Crippen molar-refractivity contribution >= 4 is 5.97 Å². The highest BCUT2D eigenvalue weighted by molar-refractivity contribution is 5.72. The third-order valence-electron chi connectivity index (χ3n) is 3.55. The fraction of sp³-hybridized carbons (Fsp3) is 0.917. The molecule has 0 saturated carbocycles. The molecule has 0 amide bonds. The van der Waals surface area contributed by atoms with Crippen molar-refractivity contribution in [2.45, 2.75) is 58.3 Å². The largest absolute Gasteiger partial charge is 0.479 e. The molecule has 4 heteroatoms. The lowest BCUT2D eigenvalue weighted by Crippen LogP contribution is -2.37. The van der Waals surface area contributed by atoms with E-state index >= 15 is 0 Å². The number of hydrogen-bond acceptors (Lipinski definition) is 3. The summed E-state index contributed by atoms with van der Waals surface area (Å²) in [5, 5.41) is 12.2. The van der Waals surface area contributed by atoms with Crippen molar-refractivity contribution in [2.75, 3.05) is 6.54 Å². The minimum absolute atomic E-state index is 0.0626. The lowest BCUT2D eigenvalue weighted by atomic mass is 10.0. The maximum absolute atomic E-state index is 10.7. The van der Waals surface area contributed by atoms with Gasteiger partial charge in [0.25, 0.3) is 0 Å². The van der Waals surface area contributed by atoms with Crippen LogP contribution in [0.4, 0.5) is 0 Å². The maximum atomic E-state index is 10.7. The van der Waals surface area contributed by atoms with Gasteiger partial charge in [0.05, 0.1) is 6.10 Å². The molecule has 16 heavy (non-hydrogen) atoms. The first-order chi connectivity index (χ1) is 7.54. The van der Waals surface area contributed by atoms with Crippen LogP contribution in [0.1, 0.15) is 40.0 Å². The summed E-state index contributed by atoms with van der Waals surface area (Å²) < 4.78 is 5.42. The number of aliphatic carboxylic acids is 1. The van der Waals surface area contributed by atoms with Crippen LogP contribution in [0.3, 0.4) is 0 Å². The summed E-state index contributed by atoms with van der Waals surface area (Å²) in [6.45, 7) is 7.32. The molecule has 0 aromatic heterocycles. The topological polar surface area (TPSA) is 58.6 Å². The molecule has 4 unspecified atom stereocenters. The monoisotopic (exact) mass is 229 g/mol. The van der Waals surface area contributed by atoms with E-state index in [1.54, 1.807) is 0 Å². The Bertz CT molecular complexity index is 232. The molecule has 0 bridgehead atoms. The second-order valence-corrected chi connectivity index (χ2v) is 4.74. The van der Waals surface area contributed by atoms with Crippen molar-refractivity contribution in [3.63, 3.8) is 0 Å². The number of hydrogen-bond donors (Lipinski definition) is 2. The Hall–Kier alpha value is -0.610. The zero-order valence-corrected chi connectivity index (χ0v) is 10.4. The Morgan fingerprint density at radius 3 is 2.69 bits per heavy atom. The molecule has 0 aromatic carbocycles. The van der Waals surface area contributed by atoms with Crippen molar-refractivity contribution in [3.05, 3.63) is 0 Å². The number of ether oxygens (including phenoxy) is 1. The van der Waals surface area contributed by atoms with Crippen LogP contribution >= 0.6 is 0 Å². The Labute approximate surface area is 97.4 Å². The van der Waals surface area contributed by atoms with Gasteiger partial charge in [-0.05, 0) is 25.7 Å². The lowest BCUT2D eigenvalue weighted by molar-refractivity contribution is -0.149. The van der Waals surface area contributed by atoms with Gasteiger partial charge in [-0.25, -0.2) is 4.79 Å². The van der Waals surface area contributed by atoms with E-state index in [0.29, 0.717) is 18.4 Å². The van der Waals surface area contributed by atoms with E-state index in [0.717, 1.165) is 19.4 Å². The van der Waals surface area contributed by atoms with E-state index in [1.807, 2.05) is 0 Å². The molecule has 0 spiro atoms. The second-order valence-electron chi connectivity index (χ2n) is 4.74. The van der Waals surface area contributed by atoms with E-state index in [-0.39, 0.29) is 6.10 Å². The van der Waals surface area contributed by atoms with E-state index < -0.39 is 12.1 Å². The fourth-order valence-electron chi connectivity index (χ4n) is 1.91. The van der Waals surface area contributed by atoms with Crippen LogP contribution in [-0.4, -0.2) is 35.9 Å². The summed E-state index contributed by atoms with van der Waals surface area (Å²) in [7, 11) is 0. The van der Waals surface area contributed by atoms with Crippen LogP contribution in [-0.2, 0) is 9.53 Å². The molecule has 4 atom stereocenters. The quantitative estimate of drug-likeness (QED) is 0.727. The van der Waals surface area contributed by atoms with E-state index in [4.69, 9.17) is 9.84 Å². The van der Waals surface area contributed by atoms with Gasteiger partial charge < -0.3 is 15.2 Å². The van der Waals surface area contributed by atoms with Crippen molar-refractivity contribution < 1.29 is 14.6 Å². The zero-order valence-electron chi connectivity index (χ0n) is 10.4. The molecule has 1 rings (SSSR count). The average Bonchev–Trinajstić information content (AvgIpc) is 2.73. The Morgan fingerprint density at radius 1 is 1.50 bits per heavy atom. The minimum Gasteiger partial charge on any atom is -0.479 e. The van der Waals surface area contributed by atoms with E-state index in [2.05, 4.69) is 26.1 Å². The highest BCUT2D eigenvalue weighted by atomic mass is 16.5. The van der Waals surface area contributed by atoms with Gasteiger partial charge in [-0.15, -0.1) is 0 Å². The first-order valence-corrected chi connectivity index (χ1v) is 6.16. The molecule has 0 aliphatic carbocycles. The predicted octanol–water partition coefficient (Wildman–Crippen LogP) is 1.64. The van der Waals surface area contributed by atoms with Crippen LogP contribution in [0, 0.1) is 5.92 Å². The molecule has 1 heterocycles. The Balaban J connectivity index is 2.22. The second kappa shape index (κ2) is 6.21. The van der Waals surface area contributed by atoms with Gasteiger partial charge in [0, 0.05) is 12.6 Å². The van der Waals surface area contributed by atoms with Crippen LogP contribution in [0.5, 0.6) is 0 Å². The molecular weight excluding hydrogens is 206 g/mol. The van der Waals surface area contributed by atoms with Gasteiger partial charge in [0.1, 0.15) is 0 Å². The fourth-order valence-corrected chi connectivity index (χ4v) is 1.91.